The van der Waals surface area contributed by atoms with Crippen molar-refractivity contribution >= 4 is 44.4 Å². The van der Waals surface area contributed by atoms with Gasteiger partial charge in [-0.3, -0.25) is 0 Å². The van der Waals surface area contributed by atoms with Crippen molar-refractivity contribution in [1.29, 1.82) is 0 Å². The minimum Gasteiger partial charge on any atom is -0.477 e. The molecule has 2 aromatic rings. The molecular formula is C9H5BrClNO2. The smallest absolute Gasteiger partial charge is 0.352 e. The summed E-state index contributed by atoms with van der Waals surface area (Å²) in [6.45, 7) is 0. The van der Waals surface area contributed by atoms with Gasteiger partial charge in [-0.1, -0.05) is 27.5 Å². The first-order chi connectivity index (χ1) is 6.58. The van der Waals surface area contributed by atoms with Crippen LogP contribution in [0.25, 0.3) is 10.9 Å². The number of aromatic carboxylic acids is 1. The summed E-state index contributed by atoms with van der Waals surface area (Å²) < 4.78 is 0.781. The molecule has 0 aliphatic rings. The monoisotopic (exact) mass is 273 g/mol. The van der Waals surface area contributed by atoms with Gasteiger partial charge in [0.25, 0.3) is 0 Å². The van der Waals surface area contributed by atoms with Gasteiger partial charge in [0, 0.05) is 20.4 Å². The Balaban J connectivity index is 2.76. The lowest BCUT2D eigenvalue weighted by Crippen LogP contribution is -1.94. The van der Waals surface area contributed by atoms with Crippen molar-refractivity contribution in [2.75, 3.05) is 0 Å². The molecule has 72 valence electrons. The molecule has 3 nitrogen and oxygen atoms in total. The topological polar surface area (TPSA) is 53.1 Å². The summed E-state index contributed by atoms with van der Waals surface area (Å²) in [6.07, 6.45) is 0. The van der Waals surface area contributed by atoms with Gasteiger partial charge in [0.05, 0.1) is 0 Å². The van der Waals surface area contributed by atoms with E-state index in [4.69, 9.17) is 16.7 Å². The second kappa shape index (κ2) is 3.29. The van der Waals surface area contributed by atoms with Crippen molar-refractivity contribution in [3.05, 3.63) is 33.4 Å². The van der Waals surface area contributed by atoms with Crippen LogP contribution in [0.2, 0.25) is 5.02 Å². The van der Waals surface area contributed by atoms with Crippen LogP contribution in [-0.2, 0) is 0 Å². The van der Waals surface area contributed by atoms with Gasteiger partial charge < -0.3 is 10.1 Å². The van der Waals surface area contributed by atoms with E-state index in [0.29, 0.717) is 10.5 Å². The van der Waals surface area contributed by atoms with Crippen LogP contribution in [0, 0.1) is 0 Å². The molecule has 0 amide bonds. The molecule has 2 N–H and O–H groups in total. The van der Waals surface area contributed by atoms with Crippen LogP contribution in [0.4, 0.5) is 0 Å². The predicted molar refractivity (Wildman–Crippen MR) is 58.0 cm³/mol. The van der Waals surface area contributed by atoms with Crippen LogP contribution in [0.3, 0.4) is 0 Å². The van der Waals surface area contributed by atoms with Crippen molar-refractivity contribution < 1.29 is 9.90 Å². The molecule has 0 aliphatic carbocycles. The first-order valence-corrected chi connectivity index (χ1v) is 4.96. The van der Waals surface area contributed by atoms with E-state index >= 15 is 0 Å². The fourth-order valence-electron chi connectivity index (χ4n) is 1.28. The summed E-state index contributed by atoms with van der Waals surface area (Å²) in [5.74, 6) is -0.982. The zero-order valence-corrected chi connectivity index (χ0v) is 9.19. The van der Waals surface area contributed by atoms with Gasteiger partial charge in [-0.25, -0.2) is 4.79 Å². The molecule has 0 bridgehead atoms. The molecule has 0 saturated carbocycles. The van der Waals surface area contributed by atoms with Gasteiger partial charge in [-0.15, -0.1) is 0 Å². The van der Waals surface area contributed by atoms with Crippen LogP contribution in [0.1, 0.15) is 10.5 Å². The predicted octanol–water partition coefficient (Wildman–Crippen LogP) is 3.28. The third kappa shape index (κ3) is 1.51. The zero-order valence-electron chi connectivity index (χ0n) is 6.84. The standard InChI is InChI=1S/C9H5BrClNO2/c10-6-1-4(11)2-7-5(6)3-8(12-7)9(13)14/h1-3,12H,(H,13,14). The highest BCUT2D eigenvalue weighted by Gasteiger charge is 2.09. The Morgan fingerprint density at radius 2 is 2.14 bits per heavy atom. The Hall–Kier alpha value is -1.00. The van der Waals surface area contributed by atoms with E-state index in [-0.39, 0.29) is 5.69 Å². The number of carboxylic acid groups (broad SMARTS) is 1. The first-order valence-electron chi connectivity index (χ1n) is 3.79. The number of carbonyl (C=O) groups is 1. The Labute approximate surface area is 92.8 Å². The Morgan fingerprint density at radius 1 is 1.43 bits per heavy atom. The Morgan fingerprint density at radius 3 is 2.79 bits per heavy atom. The number of hydrogen-bond donors (Lipinski definition) is 2. The number of nitrogens with one attached hydrogen (secondary N) is 1. The summed E-state index contributed by atoms with van der Waals surface area (Å²) in [4.78, 5) is 13.4. The Kier molecular flexibility index (Phi) is 2.25. The lowest BCUT2D eigenvalue weighted by Gasteiger charge is -1.94. The quantitative estimate of drug-likeness (QED) is 0.838. The molecule has 5 heteroatoms. The molecule has 0 atom stereocenters. The van der Waals surface area contributed by atoms with Crippen LogP contribution in [0.5, 0.6) is 0 Å². The van der Waals surface area contributed by atoms with Crippen LogP contribution >= 0.6 is 27.5 Å². The van der Waals surface area contributed by atoms with Gasteiger partial charge in [0.1, 0.15) is 5.69 Å². The van der Waals surface area contributed by atoms with E-state index < -0.39 is 5.97 Å². The number of benzene rings is 1. The number of rotatable bonds is 1. The van der Waals surface area contributed by atoms with Gasteiger partial charge in [-0.05, 0) is 18.2 Å². The van der Waals surface area contributed by atoms with Crippen molar-refractivity contribution in [3.63, 3.8) is 0 Å². The fraction of sp³-hybridized carbons (Fsp3) is 0. The summed E-state index contributed by atoms with van der Waals surface area (Å²) in [5.41, 5.74) is 0.866. The minimum absolute atomic E-state index is 0.156. The summed E-state index contributed by atoms with van der Waals surface area (Å²) in [5, 5.41) is 10.1. The maximum absolute atomic E-state index is 10.7. The highest BCUT2D eigenvalue weighted by atomic mass is 79.9. The molecule has 0 unspecified atom stereocenters. The maximum Gasteiger partial charge on any atom is 0.352 e. The highest BCUT2D eigenvalue weighted by Crippen LogP contribution is 2.28. The van der Waals surface area contributed by atoms with Crippen LogP contribution in [-0.4, -0.2) is 16.1 Å². The molecular weight excluding hydrogens is 269 g/mol. The van der Waals surface area contributed by atoms with E-state index in [1.807, 2.05) is 0 Å². The van der Waals surface area contributed by atoms with Gasteiger partial charge in [0.15, 0.2) is 0 Å². The van der Waals surface area contributed by atoms with Gasteiger partial charge in [0.2, 0.25) is 0 Å². The normalized spacial score (nSPS) is 10.7. The van der Waals surface area contributed by atoms with E-state index in [1.165, 1.54) is 0 Å². The second-order valence-corrected chi connectivity index (χ2v) is 4.13. The molecule has 0 spiro atoms. The lowest BCUT2D eigenvalue weighted by atomic mass is 10.2. The minimum atomic E-state index is -0.982. The maximum atomic E-state index is 10.7. The van der Waals surface area contributed by atoms with Crippen LogP contribution < -0.4 is 0 Å². The fourth-order valence-corrected chi connectivity index (χ4v) is 2.20. The summed E-state index contributed by atoms with van der Waals surface area (Å²) >= 11 is 9.13. The van der Waals surface area contributed by atoms with Crippen molar-refractivity contribution in [1.82, 2.24) is 4.98 Å². The van der Waals surface area contributed by atoms with Crippen LogP contribution in [0.15, 0.2) is 22.7 Å². The molecule has 0 fully saturated rings. The average Bonchev–Trinajstić information content (AvgIpc) is 2.47. The van der Waals surface area contributed by atoms with Crippen molar-refractivity contribution in [2.24, 2.45) is 0 Å². The number of aromatic nitrogens is 1. The highest BCUT2D eigenvalue weighted by molar-refractivity contribution is 9.10. The molecule has 1 aromatic heterocycles. The first kappa shape index (κ1) is 9.55. The van der Waals surface area contributed by atoms with E-state index in [1.54, 1.807) is 18.2 Å². The lowest BCUT2D eigenvalue weighted by molar-refractivity contribution is 0.0691. The number of aromatic amines is 1. The Bertz CT molecular complexity index is 521. The van der Waals surface area contributed by atoms with Gasteiger partial charge >= 0.3 is 5.97 Å². The van der Waals surface area contributed by atoms with E-state index in [0.717, 1.165) is 9.86 Å². The molecule has 0 radical (unpaired) electrons. The number of hydrogen-bond acceptors (Lipinski definition) is 1. The van der Waals surface area contributed by atoms with E-state index in [9.17, 15) is 4.79 Å². The molecule has 0 saturated heterocycles. The number of halogens is 2. The average molecular weight is 275 g/mol. The zero-order chi connectivity index (χ0) is 10.3. The molecule has 1 aromatic carbocycles. The third-order valence-electron chi connectivity index (χ3n) is 1.88. The number of fused-ring (bicyclic) bond motifs is 1. The summed E-state index contributed by atoms with van der Waals surface area (Å²) in [6, 6.07) is 4.98. The summed E-state index contributed by atoms with van der Waals surface area (Å²) in [7, 11) is 0. The number of H-pyrrole nitrogens is 1. The van der Waals surface area contributed by atoms with Crippen molar-refractivity contribution in [2.45, 2.75) is 0 Å². The molecule has 0 aliphatic heterocycles. The molecule has 1 heterocycles. The number of carboxylic acids is 1. The SMILES string of the molecule is O=C(O)c1cc2c(Br)cc(Cl)cc2[nH]1. The van der Waals surface area contributed by atoms with E-state index in [2.05, 4.69) is 20.9 Å². The molecule has 14 heavy (non-hydrogen) atoms. The largest absolute Gasteiger partial charge is 0.477 e. The van der Waals surface area contributed by atoms with Gasteiger partial charge in [-0.2, -0.15) is 0 Å². The second-order valence-electron chi connectivity index (χ2n) is 2.84. The molecule has 2 rings (SSSR count). The van der Waals surface area contributed by atoms with Crippen molar-refractivity contribution in [3.8, 4) is 0 Å². The third-order valence-corrected chi connectivity index (χ3v) is 2.76.